The molecule has 0 amide bonds. The van der Waals surface area contributed by atoms with E-state index in [1.807, 2.05) is 13.1 Å². The first-order valence-electron chi connectivity index (χ1n) is 6.70. The van der Waals surface area contributed by atoms with Gasteiger partial charge in [-0.2, -0.15) is 9.57 Å². The molecule has 1 saturated heterocycles. The van der Waals surface area contributed by atoms with Gasteiger partial charge in [-0.25, -0.2) is 8.42 Å². The number of nitriles is 1. The quantitative estimate of drug-likeness (QED) is 0.881. The molecule has 1 aromatic carbocycles. The number of benzene rings is 1. The van der Waals surface area contributed by atoms with Crippen molar-refractivity contribution in [2.75, 3.05) is 20.1 Å². The fourth-order valence-corrected chi connectivity index (χ4v) is 4.41. The van der Waals surface area contributed by atoms with Crippen molar-refractivity contribution in [1.29, 1.82) is 5.26 Å². The Bertz CT molecular complexity index is 590. The Morgan fingerprint density at radius 3 is 2.70 bits per heavy atom. The fraction of sp³-hybridized carbons (Fsp3) is 0.500. The standard InChI is InChI=1S/C14H19N3O2S/c1-16-10-14-3-2-8-17(14)20(18,19)11-13-6-4-12(9-15)5-7-13/h4-7,14,16H,2-3,8,10-11H2,1H3. The maximum Gasteiger partial charge on any atom is 0.218 e. The summed E-state index contributed by atoms with van der Waals surface area (Å²) in [5.74, 6) is -0.00107. The van der Waals surface area contributed by atoms with E-state index in [9.17, 15) is 8.42 Å². The van der Waals surface area contributed by atoms with Crippen LogP contribution < -0.4 is 5.32 Å². The van der Waals surface area contributed by atoms with E-state index in [0.29, 0.717) is 18.7 Å². The molecular formula is C14H19N3O2S. The van der Waals surface area contributed by atoms with E-state index in [1.54, 1.807) is 28.6 Å². The van der Waals surface area contributed by atoms with Crippen LogP contribution in [0.25, 0.3) is 0 Å². The molecule has 5 nitrogen and oxygen atoms in total. The largest absolute Gasteiger partial charge is 0.318 e. The van der Waals surface area contributed by atoms with Crippen molar-refractivity contribution in [3.63, 3.8) is 0 Å². The summed E-state index contributed by atoms with van der Waals surface area (Å²) in [6.07, 6.45) is 1.83. The molecule has 1 aliphatic heterocycles. The molecule has 6 heteroatoms. The lowest BCUT2D eigenvalue weighted by Gasteiger charge is -2.23. The normalized spacial score (nSPS) is 19.9. The topological polar surface area (TPSA) is 73.2 Å². The highest BCUT2D eigenvalue weighted by molar-refractivity contribution is 7.88. The van der Waals surface area contributed by atoms with Crippen LogP contribution in [0.1, 0.15) is 24.0 Å². The van der Waals surface area contributed by atoms with Crippen LogP contribution >= 0.6 is 0 Å². The molecule has 1 atom stereocenters. The second-order valence-corrected chi connectivity index (χ2v) is 6.95. The highest BCUT2D eigenvalue weighted by Crippen LogP contribution is 2.23. The number of nitrogens with zero attached hydrogens (tertiary/aromatic N) is 2. The first-order chi connectivity index (χ1) is 9.56. The SMILES string of the molecule is CNCC1CCCN1S(=O)(=O)Cc1ccc(C#N)cc1. The number of nitrogens with one attached hydrogen (secondary N) is 1. The molecule has 0 bridgehead atoms. The third-order valence-corrected chi connectivity index (χ3v) is 5.45. The minimum Gasteiger partial charge on any atom is -0.318 e. The molecule has 2 rings (SSSR count). The predicted octanol–water partition coefficient (Wildman–Crippen LogP) is 1.07. The minimum atomic E-state index is -3.29. The van der Waals surface area contributed by atoms with Crippen molar-refractivity contribution in [1.82, 2.24) is 9.62 Å². The Balaban J connectivity index is 2.12. The van der Waals surface area contributed by atoms with E-state index in [2.05, 4.69) is 5.32 Å². The molecule has 0 radical (unpaired) electrons. The fourth-order valence-electron chi connectivity index (χ4n) is 2.58. The van der Waals surface area contributed by atoms with Gasteiger partial charge in [-0.1, -0.05) is 12.1 Å². The van der Waals surface area contributed by atoms with Gasteiger partial charge in [-0.15, -0.1) is 0 Å². The van der Waals surface area contributed by atoms with Gasteiger partial charge in [0.2, 0.25) is 10.0 Å². The summed E-state index contributed by atoms with van der Waals surface area (Å²) < 4.78 is 26.6. The molecule has 20 heavy (non-hydrogen) atoms. The van der Waals surface area contributed by atoms with Crippen LogP contribution in [0.3, 0.4) is 0 Å². The van der Waals surface area contributed by atoms with Crippen molar-refractivity contribution in [2.24, 2.45) is 0 Å². The number of rotatable bonds is 5. The molecule has 108 valence electrons. The van der Waals surface area contributed by atoms with Gasteiger partial charge in [-0.05, 0) is 37.6 Å². The first-order valence-corrected chi connectivity index (χ1v) is 8.31. The Hall–Kier alpha value is -1.42. The lowest BCUT2D eigenvalue weighted by molar-refractivity contribution is 0.378. The zero-order valence-corrected chi connectivity index (χ0v) is 12.4. The van der Waals surface area contributed by atoms with E-state index in [1.165, 1.54) is 0 Å². The number of likely N-dealkylation sites (N-methyl/N-ethyl adjacent to an activating group) is 1. The summed E-state index contributed by atoms with van der Waals surface area (Å²) in [6.45, 7) is 1.29. The second kappa shape index (κ2) is 6.35. The van der Waals surface area contributed by atoms with Crippen LogP contribution in [0.2, 0.25) is 0 Å². The Labute approximate surface area is 120 Å². The van der Waals surface area contributed by atoms with Gasteiger partial charge in [0.15, 0.2) is 0 Å². The average molecular weight is 293 g/mol. The van der Waals surface area contributed by atoms with E-state index < -0.39 is 10.0 Å². The smallest absolute Gasteiger partial charge is 0.218 e. The number of sulfonamides is 1. The van der Waals surface area contributed by atoms with Crippen LogP contribution in [0.15, 0.2) is 24.3 Å². The van der Waals surface area contributed by atoms with Gasteiger partial charge < -0.3 is 5.32 Å². The van der Waals surface area contributed by atoms with E-state index in [4.69, 9.17) is 5.26 Å². The molecule has 0 saturated carbocycles. The summed E-state index contributed by atoms with van der Waals surface area (Å²) in [4.78, 5) is 0. The summed E-state index contributed by atoms with van der Waals surface area (Å²) in [5, 5.41) is 11.8. The Morgan fingerprint density at radius 2 is 2.10 bits per heavy atom. The highest BCUT2D eigenvalue weighted by Gasteiger charge is 2.33. The monoisotopic (exact) mass is 293 g/mol. The molecule has 0 aromatic heterocycles. The lowest BCUT2D eigenvalue weighted by atomic mass is 10.2. The summed E-state index contributed by atoms with van der Waals surface area (Å²) >= 11 is 0. The Morgan fingerprint density at radius 1 is 1.40 bits per heavy atom. The third kappa shape index (κ3) is 3.37. The van der Waals surface area contributed by atoms with Crippen molar-refractivity contribution in [3.05, 3.63) is 35.4 Å². The maximum absolute atomic E-state index is 12.5. The zero-order chi connectivity index (χ0) is 14.6. The summed E-state index contributed by atoms with van der Waals surface area (Å²) in [7, 11) is -1.46. The lowest BCUT2D eigenvalue weighted by Crippen LogP contribution is -2.41. The third-order valence-electron chi connectivity index (χ3n) is 3.55. The number of hydrogen-bond donors (Lipinski definition) is 1. The van der Waals surface area contributed by atoms with Gasteiger partial charge in [0, 0.05) is 19.1 Å². The van der Waals surface area contributed by atoms with Gasteiger partial charge >= 0.3 is 0 Å². The molecule has 0 aliphatic carbocycles. The van der Waals surface area contributed by atoms with Crippen molar-refractivity contribution < 1.29 is 8.42 Å². The molecule has 1 fully saturated rings. The van der Waals surface area contributed by atoms with Crippen molar-refractivity contribution in [3.8, 4) is 6.07 Å². The van der Waals surface area contributed by atoms with Crippen LogP contribution in [0.4, 0.5) is 0 Å². The van der Waals surface area contributed by atoms with E-state index in [0.717, 1.165) is 18.4 Å². The predicted molar refractivity (Wildman–Crippen MR) is 77.4 cm³/mol. The number of hydrogen-bond acceptors (Lipinski definition) is 4. The average Bonchev–Trinajstić information content (AvgIpc) is 2.89. The Kier molecular flexibility index (Phi) is 4.76. The van der Waals surface area contributed by atoms with Crippen LogP contribution in [0, 0.1) is 11.3 Å². The molecule has 1 unspecified atom stereocenters. The van der Waals surface area contributed by atoms with Crippen molar-refractivity contribution >= 4 is 10.0 Å². The van der Waals surface area contributed by atoms with E-state index in [-0.39, 0.29) is 11.8 Å². The highest BCUT2D eigenvalue weighted by atomic mass is 32.2. The van der Waals surface area contributed by atoms with Gasteiger partial charge in [0.25, 0.3) is 0 Å². The molecule has 1 aromatic rings. The second-order valence-electron chi connectivity index (χ2n) is 5.03. The molecule has 1 aliphatic rings. The maximum atomic E-state index is 12.5. The molecule has 0 spiro atoms. The summed E-state index contributed by atoms with van der Waals surface area (Å²) in [6, 6.07) is 8.81. The summed E-state index contributed by atoms with van der Waals surface area (Å²) in [5.41, 5.74) is 1.26. The van der Waals surface area contributed by atoms with Gasteiger partial charge in [0.1, 0.15) is 0 Å². The van der Waals surface area contributed by atoms with Crippen LogP contribution in [-0.2, 0) is 15.8 Å². The molecule has 1 heterocycles. The van der Waals surface area contributed by atoms with Crippen molar-refractivity contribution in [2.45, 2.75) is 24.6 Å². The molecular weight excluding hydrogens is 274 g/mol. The van der Waals surface area contributed by atoms with E-state index >= 15 is 0 Å². The first kappa shape index (κ1) is 15.0. The van der Waals surface area contributed by atoms with Gasteiger partial charge in [-0.3, -0.25) is 0 Å². The van der Waals surface area contributed by atoms with Crippen LogP contribution in [-0.4, -0.2) is 38.9 Å². The van der Waals surface area contributed by atoms with Gasteiger partial charge in [0.05, 0.1) is 17.4 Å². The minimum absolute atomic E-state index is 0.00107. The van der Waals surface area contributed by atoms with Crippen LogP contribution in [0.5, 0.6) is 0 Å². The zero-order valence-electron chi connectivity index (χ0n) is 11.5. The molecule has 1 N–H and O–H groups in total.